The fourth-order valence-electron chi connectivity index (χ4n) is 9.73. The van der Waals surface area contributed by atoms with E-state index in [1.807, 2.05) is 18.2 Å². The number of piperidine rings is 1. The van der Waals surface area contributed by atoms with E-state index in [0.717, 1.165) is 41.4 Å². The van der Waals surface area contributed by atoms with Crippen molar-refractivity contribution in [2.24, 2.45) is 35.5 Å². The van der Waals surface area contributed by atoms with Gasteiger partial charge in [-0.1, -0.05) is 78.6 Å². The Morgan fingerprint density at radius 1 is 0.782 bits per heavy atom. The molecule has 6 atom stereocenters. The summed E-state index contributed by atoms with van der Waals surface area (Å²) in [4.78, 5) is 15.8. The average molecular weight is 785 g/mol. The number of carbonyl (C=O) groups is 1. The molecule has 6 unspecified atom stereocenters. The van der Waals surface area contributed by atoms with Crippen LogP contribution in [0.2, 0.25) is 0 Å². The number of sulfonamides is 1. The Morgan fingerprint density at radius 2 is 1.33 bits per heavy atom. The Morgan fingerprint density at radius 3 is 1.87 bits per heavy atom. The van der Waals surface area contributed by atoms with Gasteiger partial charge in [0, 0.05) is 53.4 Å². The van der Waals surface area contributed by atoms with Gasteiger partial charge in [0.05, 0.1) is 4.90 Å². The lowest BCUT2D eigenvalue weighted by Gasteiger charge is -2.53. The van der Waals surface area contributed by atoms with Crippen LogP contribution >= 0.6 is 0 Å². The van der Waals surface area contributed by atoms with Crippen LogP contribution < -0.4 is 20.3 Å². The molecular formula is C43H59F3N4O4S. The lowest BCUT2D eigenvalue weighted by atomic mass is 9.69. The second-order valence-electron chi connectivity index (χ2n) is 17.2. The van der Waals surface area contributed by atoms with E-state index in [4.69, 9.17) is 0 Å². The van der Waals surface area contributed by atoms with Gasteiger partial charge in [-0.2, -0.15) is 4.31 Å². The van der Waals surface area contributed by atoms with Crippen LogP contribution in [-0.4, -0.2) is 56.3 Å². The third kappa shape index (κ3) is 9.55. The van der Waals surface area contributed by atoms with Gasteiger partial charge in [0.25, 0.3) is 0 Å². The average Bonchev–Trinajstić information content (AvgIpc) is 3.12. The number of nitrogens with zero attached hydrogens (tertiary/aromatic N) is 2. The third-order valence-electron chi connectivity index (χ3n) is 12.6. The molecule has 8 nitrogen and oxygen atoms in total. The van der Waals surface area contributed by atoms with Gasteiger partial charge < -0.3 is 20.3 Å². The second-order valence-corrected chi connectivity index (χ2v) is 19.1. The first-order valence-corrected chi connectivity index (χ1v) is 21.7. The van der Waals surface area contributed by atoms with Gasteiger partial charge in [-0.05, 0) is 110 Å². The maximum atomic E-state index is 14.5. The Kier molecular flexibility index (Phi) is 12.7. The molecule has 1 heterocycles. The monoisotopic (exact) mass is 784 g/mol. The molecule has 1 saturated heterocycles. The number of nitrogens with one attached hydrogen (secondary N) is 2. The molecule has 6 rings (SSSR count). The van der Waals surface area contributed by atoms with Crippen LogP contribution in [0.5, 0.6) is 5.75 Å². The summed E-state index contributed by atoms with van der Waals surface area (Å²) in [6.07, 6.45) is 3.21. The Balaban J connectivity index is 1.23. The highest BCUT2D eigenvalue weighted by molar-refractivity contribution is 7.89. The number of anilines is 2. The molecular weight excluding hydrogens is 726 g/mol. The van der Waals surface area contributed by atoms with Gasteiger partial charge in [-0.25, -0.2) is 13.2 Å². The van der Waals surface area contributed by atoms with Gasteiger partial charge in [0.2, 0.25) is 10.0 Å². The molecule has 2 amide bonds. The Labute approximate surface area is 325 Å². The second kappa shape index (κ2) is 16.9. The lowest BCUT2D eigenvalue weighted by Crippen LogP contribution is -2.55. The van der Waals surface area contributed by atoms with Crippen molar-refractivity contribution in [3.05, 3.63) is 60.7 Å². The number of alkyl halides is 3. The predicted molar refractivity (Wildman–Crippen MR) is 214 cm³/mol. The van der Waals surface area contributed by atoms with Crippen molar-refractivity contribution >= 4 is 38.2 Å². The molecule has 2 saturated carbocycles. The number of urea groups is 1. The molecule has 55 heavy (non-hydrogen) atoms. The quantitative estimate of drug-likeness (QED) is 0.214. The molecule has 3 aromatic carbocycles. The van der Waals surface area contributed by atoms with E-state index in [0.29, 0.717) is 71.0 Å². The number of hydrogen-bond donors (Lipinski definition) is 2. The van der Waals surface area contributed by atoms with Gasteiger partial charge >= 0.3 is 12.4 Å². The molecule has 2 aliphatic carbocycles. The predicted octanol–water partition coefficient (Wildman–Crippen LogP) is 10.4. The van der Waals surface area contributed by atoms with Crippen molar-refractivity contribution in [1.82, 2.24) is 9.62 Å². The van der Waals surface area contributed by atoms with Crippen LogP contribution in [-0.2, 0) is 10.0 Å². The maximum Gasteiger partial charge on any atom is 0.573 e. The zero-order valence-corrected chi connectivity index (χ0v) is 33.9. The standard InChI is InChI=1S/C43H59F3N4O4S/c1-27(2)34-19-13-29(5)25-39(34)50(40-26-30(6)14-20-35(40)28(3)4)38-11-7-10-37-36(38)9-8-12-41(37)55(52,53)49-23-21-32(22-24-49)48-42(51)47-31-15-17-33(18-16-31)54-43(44,45)46/h7-12,15-18,27-30,32,34-35,39-40H,13-14,19-26H2,1-6H3,(H2,47,48,51). The molecule has 3 aromatic rings. The van der Waals surface area contributed by atoms with Crippen molar-refractivity contribution in [3.8, 4) is 5.75 Å². The van der Waals surface area contributed by atoms with Crippen LogP contribution in [0.3, 0.4) is 0 Å². The van der Waals surface area contributed by atoms with Gasteiger partial charge in [-0.15, -0.1) is 13.2 Å². The van der Waals surface area contributed by atoms with E-state index in [9.17, 15) is 26.4 Å². The summed E-state index contributed by atoms with van der Waals surface area (Å²) < 4.78 is 71.8. The molecule has 302 valence electrons. The van der Waals surface area contributed by atoms with Crippen LogP contribution in [0.15, 0.2) is 65.6 Å². The summed E-state index contributed by atoms with van der Waals surface area (Å²) in [7, 11) is -3.87. The molecule has 0 aromatic heterocycles. The highest BCUT2D eigenvalue weighted by Gasteiger charge is 2.43. The fourth-order valence-corrected chi connectivity index (χ4v) is 11.4. The van der Waals surface area contributed by atoms with Crippen molar-refractivity contribution < 1.29 is 31.1 Å². The van der Waals surface area contributed by atoms with Crippen molar-refractivity contribution in [1.29, 1.82) is 0 Å². The molecule has 2 N–H and O–H groups in total. The highest BCUT2D eigenvalue weighted by atomic mass is 32.2. The number of halogens is 3. The number of amides is 2. The molecule has 3 fully saturated rings. The number of hydrogen-bond acceptors (Lipinski definition) is 5. The Hall–Kier alpha value is -3.51. The van der Waals surface area contributed by atoms with Crippen LogP contribution in [0.4, 0.5) is 29.3 Å². The zero-order valence-electron chi connectivity index (χ0n) is 33.1. The van der Waals surface area contributed by atoms with Crippen molar-refractivity contribution in [2.75, 3.05) is 23.3 Å². The highest BCUT2D eigenvalue weighted by Crippen LogP contribution is 2.47. The Bertz CT molecular complexity index is 1850. The largest absolute Gasteiger partial charge is 0.573 e. The summed E-state index contributed by atoms with van der Waals surface area (Å²) >= 11 is 0. The summed E-state index contributed by atoms with van der Waals surface area (Å²) in [5, 5.41) is 7.24. The maximum absolute atomic E-state index is 14.5. The van der Waals surface area contributed by atoms with Gasteiger partial charge in [0.15, 0.2) is 0 Å². The summed E-state index contributed by atoms with van der Waals surface area (Å²) in [5.41, 5.74) is 1.46. The summed E-state index contributed by atoms with van der Waals surface area (Å²) in [6, 6.07) is 16.8. The molecule has 12 heteroatoms. The lowest BCUT2D eigenvalue weighted by molar-refractivity contribution is -0.274. The van der Waals surface area contributed by atoms with E-state index in [-0.39, 0.29) is 24.9 Å². The first kappa shape index (κ1) is 41.1. The number of ether oxygens (including phenoxy) is 1. The molecule has 1 aliphatic heterocycles. The SMILES string of the molecule is CC1CCC(C(C)C)C(N(c2cccc3c(S(=O)(=O)N4CCC(NC(=O)Nc5ccc(OC(F)(F)F)cc5)CC4)cccc23)C2CC(C)CCC2C(C)C)C1. The molecule has 3 aliphatic rings. The minimum Gasteiger partial charge on any atom is -0.406 e. The van der Waals surface area contributed by atoms with E-state index < -0.39 is 22.4 Å². The van der Waals surface area contributed by atoms with Crippen molar-refractivity contribution in [3.63, 3.8) is 0 Å². The van der Waals surface area contributed by atoms with E-state index >= 15 is 0 Å². The third-order valence-corrected chi connectivity index (χ3v) is 14.5. The van der Waals surface area contributed by atoms with E-state index in [2.05, 4.69) is 73.9 Å². The molecule has 0 spiro atoms. The first-order valence-electron chi connectivity index (χ1n) is 20.2. The minimum absolute atomic E-state index is 0.241. The number of rotatable bonds is 10. The first-order chi connectivity index (χ1) is 26.0. The minimum atomic E-state index is -4.80. The number of fused-ring (bicyclic) bond motifs is 1. The van der Waals surface area contributed by atoms with Crippen LogP contribution in [0, 0.1) is 35.5 Å². The fraction of sp³-hybridized carbons (Fsp3) is 0.605. The van der Waals surface area contributed by atoms with E-state index in [1.54, 1.807) is 6.07 Å². The number of carbonyl (C=O) groups excluding carboxylic acids is 1. The van der Waals surface area contributed by atoms with Crippen molar-refractivity contribution in [2.45, 2.75) is 122 Å². The zero-order chi connectivity index (χ0) is 39.7. The normalized spacial score (nSPS) is 25.9. The smallest absolute Gasteiger partial charge is 0.406 e. The van der Waals surface area contributed by atoms with Crippen LogP contribution in [0.1, 0.15) is 92.9 Å². The molecule has 0 radical (unpaired) electrons. The topological polar surface area (TPSA) is 91.0 Å². The summed E-state index contributed by atoms with van der Waals surface area (Å²) in [5.74, 6) is 3.07. The van der Waals surface area contributed by atoms with Gasteiger partial charge in [0.1, 0.15) is 5.75 Å². The molecule has 0 bridgehead atoms. The van der Waals surface area contributed by atoms with E-state index in [1.165, 1.54) is 42.1 Å². The summed E-state index contributed by atoms with van der Waals surface area (Å²) in [6.45, 7) is 14.7. The van der Waals surface area contributed by atoms with Crippen LogP contribution in [0.25, 0.3) is 10.8 Å². The van der Waals surface area contributed by atoms with Gasteiger partial charge in [-0.3, -0.25) is 0 Å². The number of benzene rings is 3.